The lowest BCUT2D eigenvalue weighted by molar-refractivity contribution is 0.0888. The first-order chi connectivity index (χ1) is 30.1. The number of fused-ring (bicyclic) bond motifs is 4. The number of carbonyl (C=O) groups is 1. The molecule has 0 bridgehead atoms. The lowest BCUT2D eigenvalue weighted by Crippen LogP contribution is -2.40. The van der Waals surface area contributed by atoms with Crippen LogP contribution in [0.1, 0.15) is 120 Å². The number of aliphatic imine (C=N–C) groups is 1. The van der Waals surface area contributed by atoms with Crippen LogP contribution in [0.4, 0.5) is 11.5 Å². The zero-order valence-corrected chi connectivity index (χ0v) is 37.3. The van der Waals surface area contributed by atoms with Crippen LogP contribution in [0.2, 0.25) is 5.02 Å². The summed E-state index contributed by atoms with van der Waals surface area (Å²) in [5, 5.41) is 31.8. The molecular weight excluding hydrogens is 816 g/mol. The Morgan fingerprint density at radius 3 is 2.23 bits per heavy atom. The molecule has 5 aliphatic rings. The first-order valence-corrected chi connectivity index (χ1v) is 23.6. The molecule has 3 aromatic heterocycles. The van der Waals surface area contributed by atoms with E-state index in [0.717, 1.165) is 113 Å². The molecule has 14 heteroatoms. The van der Waals surface area contributed by atoms with E-state index in [2.05, 4.69) is 91.2 Å². The highest BCUT2D eigenvalue weighted by Crippen LogP contribution is 2.53. The molecule has 2 saturated carbocycles. The summed E-state index contributed by atoms with van der Waals surface area (Å²) in [5.41, 5.74) is 6.62. The first kappa shape index (κ1) is 40.7. The molecular formula is C48H53ClN10O2S. The second kappa shape index (κ2) is 16.8. The minimum Gasteiger partial charge on any atom is -0.490 e. The summed E-state index contributed by atoms with van der Waals surface area (Å²) in [6.07, 6.45) is 11.4. The molecule has 320 valence electrons. The van der Waals surface area contributed by atoms with Crippen LogP contribution in [-0.4, -0.2) is 74.9 Å². The number of thiophene rings is 1. The van der Waals surface area contributed by atoms with Crippen LogP contribution in [0.5, 0.6) is 5.75 Å². The van der Waals surface area contributed by atoms with Crippen molar-refractivity contribution >= 4 is 46.1 Å². The van der Waals surface area contributed by atoms with Gasteiger partial charge in [0.2, 0.25) is 0 Å². The molecule has 0 unspecified atom stereocenters. The van der Waals surface area contributed by atoms with Gasteiger partial charge >= 0.3 is 0 Å². The topological polar surface area (TPSA) is 137 Å². The fraction of sp³-hybridized carbons (Fsp3) is 0.479. The van der Waals surface area contributed by atoms with Crippen molar-refractivity contribution in [3.8, 4) is 16.8 Å². The van der Waals surface area contributed by atoms with Crippen LogP contribution in [0.3, 0.4) is 0 Å². The van der Waals surface area contributed by atoms with Crippen LogP contribution >= 0.6 is 22.9 Å². The van der Waals surface area contributed by atoms with Crippen LogP contribution in [-0.2, 0) is 5.54 Å². The van der Waals surface area contributed by atoms with E-state index >= 15 is 0 Å². The van der Waals surface area contributed by atoms with Crippen molar-refractivity contribution < 1.29 is 9.53 Å². The molecule has 1 amide bonds. The second-order valence-electron chi connectivity index (χ2n) is 18.1. The number of anilines is 2. The Labute approximate surface area is 372 Å². The van der Waals surface area contributed by atoms with Crippen molar-refractivity contribution in [2.75, 3.05) is 36.0 Å². The van der Waals surface area contributed by atoms with Gasteiger partial charge in [0.25, 0.3) is 5.91 Å². The van der Waals surface area contributed by atoms with Gasteiger partial charge in [0.15, 0.2) is 17.3 Å². The van der Waals surface area contributed by atoms with Crippen LogP contribution in [0, 0.1) is 43.9 Å². The van der Waals surface area contributed by atoms with Gasteiger partial charge in [0.1, 0.15) is 28.2 Å². The molecule has 5 aromatic rings. The normalized spacial score (nSPS) is 21.1. The molecule has 2 aliphatic carbocycles. The highest BCUT2D eigenvalue weighted by atomic mass is 35.5. The lowest BCUT2D eigenvalue weighted by Gasteiger charge is -2.37. The van der Waals surface area contributed by atoms with Crippen molar-refractivity contribution in [1.82, 2.24) is 30.3 Å². The summed E-state index contributed by atoms with van der Waals surface area (Å²) in [7, 11) is 0. The van der Waals surface area contributed by atoms with Gasteiger partial charge in [0.05, 0.1) is 22.4 Å². The molecule has 2 aromatic carbocycles. The zero-order chi connectivity index (χ0) is 42.5. The maximum atomic E-state index is 13.1. The number of rotatable bonds is 9. The SMILES string of the molecule is Cc1sc2c(c1C)C(c1ccc(N3CCC(CC4CCN(c5ccc(C(=O)NC6CCC(Oc7ccc(C#N)c(Cl)c7)CC6)nn5)CC4)CC3)cc1)=NC1(CC1)c1nnc(C)n1-2. The smallest absolute Gasteiger partial charge is 0.272 e. The molecule has 6 heterocycles. The van der Waals surface area contributed by atoms with Gasteiger partial charge in [-0.15, -0.1) is 31.7 Å². The fourth-order valence-corrected chi connectivity index (χ4v) is 11.5. The molecule has 12 nitrogen and oxygen atoms in total. The number of carbonyl (C=O) groups excluding carboxylic acids is 1. The average molecular weight is 870 g/mol. The van der Waals surface area contributed by atoms with Crippen molar-refractivity contribution in [3.05, 3.63) is 104 Å². The van der Waals surface area contributed by atoms with Crippen molar-refractivity contribution in [3.63, 3.8) is 0 Å². The van der Waals surface area contributed by atoms with Crippen LogP contribution < -0.4 is 19.9 Å². The van der Waals surface area contributed by atoms with Gasteiger partial charge in [-0.25, -0.2) is 0 Å². The molecule has 10 rings (SSSR count). The second-order valence-corrected chi connectivity index (χ2v) is 19.7. The van der Waals surface area contributed by atoms with E-state index in [4.69, 9.17) is 26.6 Å². The predicted molar refractivity (Wildman–Crippen MR) is 243 cm³/mol. The number of nitrogens with one attached hydrogen (secondary N) is 1. The lowest BCUT2D eigenvalue weighted by atomic mass is 9.82. The number of benzene rings is 2. The third kappa shape index (κ3) is 7.96. The number of aromatic nitrogens is 5. The van der Waals surface area contributed by atoms with Crippen molar-refractivity contribution in [1.29, 1.82) is 5.26 Å². The van der Waals surface area contributed by atoms with Crippen LogP contribution in [0.25, 0.3) is 5.00 Å². The Morgan fingerprint density at radius 1 is 0.871 bits per heavy atom. The van der Waals surface area contributed by atoms with Gasteiger partial charge in [-0.2, -0.15) is 5.26 Å². The Hall–Kier alpha value is -5.32. The summed E-state index contributed by atoms with van der Waals surface area (Å²) in [4.78, 5) is 24.8. The molecule has 1 spiro atoms. The van der Waals surface area contributed by atoms with E-state index in [9.17, 15) is 4.79 Å². The number of piperidine rings is 2. The van der Waals surface area contributed by atoms with Gasteiger partial charge in [-0.05, 0) is 145 Å². The molecule has 62 heavy (non-hydrogen) atoms. The van der Waals surface area contributed by atoms with E-state index in [1.165, 1.54) is 51.5 Å². The number of hydrogen-bond acceptors (Lipinski definition) is 11. The number of ether oxygens (including phenoxy) is 1. The third-order valence-corrected chi connectivity index (χ3v) is 15.6. The van der Waals surface area contributed by atoms with Gasteiger partial charge in [-0.3, -0.25) is 14.4 Å². The Morgan fingerprint density at radius 2 is 1.58 bits per heavy atom. The van der Waals surface area contributed by atoms with Crippen molar-refractivity contribution in [2.45, 2.75) is 109 Å². The number of nitriles is 1. The van der Waals surface area contributed by atoms with E-state index in [-0.39, 0.29) is 23.6 Å². The molecule has 4 fully saturated rings. The molecule has 3 aliphatic heterocycles. The number of aryl methyl sites for hydroxylation is 2. The average Bonchev–Trinajstić information content (AvgIpc) is 3.91. The summed E-state index contributed by atoms with van der Waals surface area (Å²) >= 11 is 8.00. The van der Waals surface area contributed by atoms with Gasteiger partial charge in [-0.1, -0.05) is 23.7 Å². The molecule has 1 N–H and O–H groups in total. The minimum absolute atomic E-state index is 0.0443. The summed E-state index contributed by atoms with van der Waals surface area (Å²) < 4.78 is 8.38. The maximum absolute atomic E-state index is 13.1. The quantitative estimate of drug-likeness (QED) is 0.154. The Kier molecular flexibility index (Phi) is 11.0. The highest BCUT2D eigenvalue weighted by molar-refractivity contribution is 7.15. The monoisotopic (exact) mass is 868 g/mol. The number of amides is 1. The highest BCUT2D eigenvalue weighted by Gasteiger charge is 2.51. The predicted octanol–water partition coefficient (Wildman–Crippen LogP) is 9.05. The van der Waals surface area contributed by atoms with E-state index in [1.54, 1.807) is 24.3 Å². The Balaban J connectivity index is 0.673. The third-order valence-electron chi connectivity index (χ3n) is 14.1. The number of nitrogens with zero attached hydrogens (tertiary/aromatic N) is 9. The minimum atomic E-state index is -0.266. The van der Waals surface area contributed by atoms with Crippen molar-refractivity contribution in [2.24, 2.45) is 16.8 Å². The van der Waals surface area contributed by atoms with E-state index in [1.807, 2.05) is 17.4 Å². The molecule has 0 atom stereocenters. The summed E-state index contributed by atoms with van der Waals surface area (Å²) in [5.74, 6) is 4.73. The maximum Gasteiger partial charge on any atom is 0.272 e. The largest absolute Gasteiger partial charge is 0.490 e. The fourth-order valence-electron chi connectivity index (χ4n) is 10.1. The van der Waals surface area contributed by atoms with Gasteiger partial charge in [0, 0.05) is 60.0 Å². The zero-order valence-electron chi connectivity index (χ0n) is 35.7. The molecule has 0 radical (unpaired) electrons. The molecule has 2 saturated heterocycles. The Bertz CT molecular complexity index is 2530. The summed E-state index contributed by atoms with van der Waals surface area (Å²) in [6.45, 7) is 10.6. The van der Waals surface area contributed by atoms with E-state index in [0.29, 0.717) is 22.0 Å². The standard InChI is InChI=1S/C48H53ClN10O2S/c1-29-30(2)62-46-43(29)44(52-48(20-21-48)47-56-53-31(3)59(46)47)34-4-9-37(10-5-34)57-22-16-32(17-23-57)26-33-18-24-58(25-19-33)42-15-14-41(54-55-42)45(60)51-36-7-12-38(13-8-36)61-39-11-6-35(28-50)40(49)27-39/h4-6,9-11,14-15,27,32-33,36,38H,7-8,12-13,16-26H2,1-3H3,(H,51,60). The van der Waals surface area contributed by atoms with Gasteiger partial charge < -0.3 is 19.9 Å². The number of halogens is 1. The number of hydrogen-bond donors (Lipinski definition) is 1. The summed E-state index contributed by atoms with van der Waals surface area (Å²) in [6, 6.07) is 20.2. The van der Waals surface area contributed by atoms with Crippen LogP contribution in [0.15, 0.2) is 59.6 Å². The first-order valence-electron chi connectivity index (χ1n) is 22.4. The van der Waals surface area contributed by atoms with E-state index < -0.39 is 0 Å².